The normalized spacial score (nSPS) is 10.6. The van der Waals surface area contributed by atoms with Gasteiger partial charge in [0.25, 0.3) is 11.6 Å². The van der Waals surface area contributed by atoms with Gasteiger partial charge in [0.1, 0.15) is 5.75 Å². The Hall–Kier alpha value is -4.38. The molecular weight excluding hydrogens is 458 g/mol. The van der Waals surface area contributed by atoms with E-state index in [4.69, 9.17) is 4.74 Å². The largest absolute Gasteiger partial charge is 0.497 e. The van der Waals surface area contributed by atoms with Gasteiger partial charge in [-0.2, -0.15) is 0 Å². The first-order valence-electron chi connectivity index (χ1n) is 10.0. The number of benzene rings is 3. The second-order valence-corrected chi connectivity index (χ2v) is 7.96. The van der Waals surface area contributed by atoms with E-state index in [1.165, 1.54) is 30.0 Å². The summed E-state index contributed by atoms with van der Waals surface area (Å²) in [7, 11) is 1.60. The van der Waals surface area contributed by atoms with Crippen LogP contribution in [0.4, 0.5) is 5.69 Å². The van der Waals surface area contributed by atoms with Crippen molar-refractivity contribution in [3.8, 4) is 11.4 Å². The molecule has 0 unspecified atom stereocenters. The first kappa shape index (κ1) is 22.8. The molecule has 1 heterocycles. The zero-order valence-electron chi connectivity index (χ0n) is 17.9. The summed E-state index contributed by atoms with van der Waals surface area (Å²) in [5.41, 5.74) is 6.96. The van der Waals surface area contributed by atoms with Gasteiger partial charge in [-0.3, -0.25) is 35.1 Å². The van der Waals surface area contributed by atoms with Gasteiger partial charge >= 0.3 is 0 Å². The Kier molecular flexibility index (Phi) is 6.74. The smallest absolute Gasteiger partial charge is 0.270 e. The number of fused-ring (bicyclic) bond motifs is 1. The number of imidazole rings is 1. The van der Waals surface area contributed by atoms with Crippen molar-refractivity contribution >= 4 is 40.3 Å². The maximum absolute atomic E-state index is 12.4. The van der Waals surface area contributed by atoms with Gasteiger partial charge in [-0.15, -0.1) is 0 Å². The molecule has 11 heteroatoms. The summed E-state index contributed by atoms with van der Waals surface area (Å²) in [6, 6.07) is 20.3. The van der Waals surface area contributed by atoms with E-state index in [0.717, 1.165) is 28.5 Å². The lowest BCUT2D eigenvalue weighted by Gasteiger charge is -2.10. The number of hydrazine groups is 1. The minimum absolute atomic E-state index is 0.0192. The minimum atomic E-state index is -0.660. The van der Waals surface area contributed by atoms with Crippen LogP contribution in [0.15, 0.2) is 78.0 Å². The van der Waals surface area contributed by atoms with Crippen molar-refractivity contribution in [1.29, 1.82) is 0 Å². The lowest BCUT2D eigenvalue weighted by molar-refractivity contribution is -0.384. The quantitative estimate of drug-likeness (QED) is 0.237. The van der Waals surface area contributed by atoms with Crippen LogP contribution in [0.5, 0.6) is 5.75 Å². The number of amides is 2. The Morgan fingerprint density at radius 2 is 1.82 bits per heavy atom. The standard InChI is InChI=1S/C23H19N5O5S/c1-33-18-11-9-16(10-12-18)27-20-8-3-2-7-19(20)24-23(27)34-14-21(29)25-26-22(30)15-5-4-6-17(13-15)28(31)32/h2-13H,14H2,1H3,(H,25,29)(H,26,30). The van der Waals surface area contributed by atoms with Crippen LogP contribution in [-0.4, -0.2) is 39.2 Å². The molecule has 0 bridgehead atoms. The SMILES string of the molecule is COc1ccc(-n2c(SCC(=O)NNC(=O)c3cccc([N+](=O)[O-])c3)nc3ccccc32)cc1. The number of methoxy groups -OCH3 is 1. The molecule has 34 heavy (non-hydrogen) atoms. The number of hydrogen-bond acceptors (Lipinski definition) is 7. The molecule has 0 saturated heterocycles. The first-order chi connectivity index (χ1) is 16.5. The van der Waals surface area contributed by atoms with Gasteiger partial charge in [-0.1, -0.05) is 30.0 Å². The third-order valence-corrected chi connectivity index (χ3v) is 5.77. The lowest BCUT2D eigenvalue weighted by atomic mass is 10.2. The maximum Gasteiger partial charge on any atom is 0.270 e. The molecule has 0 aliphatic rings. The van der Waals surface area contributed by atoms with Crippen LogP contribution in [0.3, 0.4) is 0 Å². The number of nitrogens with one attached hydrogen (secondary N) is 2. The molecular formula is C23H19N5O5S. The fourth-order valence-corrected chi connectivity index (χ4v) is 4.04. The predicted octanol–water partition coefficient (Wildman–Crippen LogP) is 3.50. The van der Waals surface area contributed by atoms with Crippen molar-refractivity contribution in [1.82, 2.24) is 20.4 Å². The van der Waals surface area contributed by atoms with Gasteiger partial charge in [-0.25, -0.2) is 4.98 Å². The molecule has 0 fully saturated rings. The van der Waals surface area contributed by atoms with Crippen LogP contribution in [-0.2, 0) is 4.79 Å². The molecule has 4 rings (SSSR count). The second-order valence-electron chi connectivity index (χ2n) is 7.01. The second kappa shape index (κ2) is 10.0. The maximum atomic E-state index is 12.4. The van der Waals surface area contributed by atoms with E-state index in [0.29, 0.717) is 5.16 Å². The zero-order chi connectivity index (χ0) is 24.1. The number of nitro benzene ring substituents is 1. The van der Waals surface area contributed by atoms with Crippen LogP contribution in [0.25, 0.3) is 16.7 Å². The highest BCUT2D eigenvalue weighted by atomic mass is 32.2. The van der Waals surface area contributed by atoms with Crippen LogP contribution in [0.1, 0.15) is 10.4 Å². The molecule has 2 amide bonds. The highest BCUT2D eigenvalue weighted by Gasteiger charge is 2.16. The van der Waals surface area contributed by atoms with Crippen molar-refractivity contribution in [2.75, 3.05) is 12.9 Å². The van der Waals surface area contributed by atoms with Crippen LogP contribution in [0.2, 0.25) is 0 Å². The molecule has 0 radical (unpaired) electrons. The molecule has 3 aromatic carbocycles. The number of nitrogens with zero attached hydrogens (tertiary/aromatic N) is 3. The van der Waals surface area contributed by atoms with Gasteiger partial charge in [0, 0.05) is 23.4 Å². The fraction of sp³-hybridized carbons (Fsp3) is 0.0870. The third-order valence-electron chi connectivity index (χ3n) is 4.83. The molecule has 0 saturated carbocycles. The number of non-ortho nitro benzene ring substituents is 1. The molecule has 1 aromatic heterocycles. The summed E-state index contributed by atoms with van der Waals surface area (Å²) in [4.78, 5) is 39.5. The van der Waals surface area contributed by atoms with E-state index in [-0.39, 0.29) is 17.0 Å². The van der Waals surface area contributed by atoms with Gasteiger partial charge in [0.05, 0.1) is 28.8 Å². The fourth-order valence-electron chi connectivity index (χ4n) is 3.21. The van der Waals surface area contributed by atoms with Gasteiger partial charge in [0.15, 0.2) is 5.16 Å². The van der Waals surface area contributed by atoms with E-state index in [1.54, 1.807) is 7.11 Å². The molecule has 172 valence electrons. The van der Waals surface area contributed by atoms with E-state index >= 15 is 0 Å². The Morgan fingerprint density at radius 1 is 1.06 bits per heavy atom. The summed E-state index contributed by atoms with van der Waals surface area (Å²) < 4.78 is 7.17. The molecule has 0 spiro atoms. The molecule has 0 aliphatic heterocycles. The van der Waals surface area contributed by atoms with E-state index in [9.17, 15) is 19.7 Å². The van der Waals surface area contributed by atoms with Crippen LogP contribution in [0, 0.1) is 10.1 Å². The first-order valence-corrected chi connectivity index (χ1v) is 11.0. The summed E-state index contributed by atoms with van der Waals surface area (Å²) >= 11 is 1.21. The third kappa shape index (κ3) is 4.99. The van der Waals surface area contributed by atoms with Crippen molar-refractivity contribution in [2.45, 2.75) is 5.16 Å². The van der Waals surface area contributed by atoms with Gasteiger partial charge < -0.3 is 4.74 Å². The number of thioether (sulfide) groups is 1. The van der Waals surface area contributed by atoms with Gasteiger partial charge in [-0.05, 0) is 42.5 Å². The molecule has 4 aromatic rings. The summed E-state index contributed by atoms with van der Waals surface area (Å²) in [5, 5.41) is 11.5. The highest BCUT2D eigenvalue weighted by Crippen LogP contribution is 2.28. The number of carbonyl (C=O) groups excluding carboxylic acids is 2. The molecule has 10 nitrogen and oxygen atoms in total. The summed E-state index contributed by atoms with van der Waals surface area (Å²) in [6.45, 7) is 0. The number of ether oxygens (including phenoxy) is 1. The minimum Gasteiger partial charge on any atom is -0.497 e. The summed E-state index contributed by atoms with van der Waals surface area (Å²) in [6.07, 6.45) is 0. The van der Waals surface area contributed by atoms with E-state index in [2.05, 4.69) is 15.8 Å². The van der Waals surface area contributed by atoms with E-state index in [1.807, 2.05) is 53.1 Å². The number of para-hydroxylation sites is 2. The van der Waals surface area contributed by atoms with Crippen molar-refractivity contribution < 1.29 is 19.2 Å². The Morgan fingerprint density at radius 3 is 2.56 bits per heavy atom. The van der Waals surface area contributed by atoms with Crippen molar-refractivity contribution in [2.24, 2.45) is 0 Å². The Labute approximate surface area is 198 Å². The number of nitro groups is 1. The number of rotatable bonds is 7. The average molecular weight is 478 g/mol. The molecule has 0 aliphatic carbocycles. The molecule has 0 atom stereocenters. The van der Waals surface area contributed by atoms with Crippen LogP contribution < -0.4 is 15.6 Å². The monoisotopic (exact) mass is 477 g/mol. The molecule has 2 N–H and O–H groups in total. The number of aromatic nitrogens is 2. The number of carbonyl (C=O) groups is 2. The van der Waals surface area contributed by atoms with Crippen molar-refractivity contribution in [3.05, 3.63) is 88.5 Å². The topological polar surface area (TPSA) is 128 Å². The van der Waals surface area contributed by atoms with Crippen LogP contribution >= 0.6 is 11.8 Å². The van der Waals surface area contributed by atoms with Crippen molar-refractivity contribution in [3.63, 3.8) is 0 Å². The van der Waals surface area contributed by atoms with E-state index < -0.39 is 16.7 Å². The predicted molar refractivity (Wildman–Crippen MR) is 127 cm³/mol. The zero-order valence-corrected chi connectivity index (χ0v) is 18.7. The summed E-state index contributed by atoms with van der Waals surface area (Å²) in [5.74, 6) is -0.416. The number of hydrogen-bond donors (Lipinski definition) is 2. The Bertz CT molecular complexity index is 1370. The highest BCUT2D eigenvalue weighted by molar-refractivity contribution is 7.99. The van der Waals surface area contributed by atoms with Gasteiger partial charge in [0.2, 0.25) is 5.91 Å². The Balaban J connectivity index is 1.45. The average Bonchev–Trinajstić information content (AvgIpc) is 3.24. The lowest BCUT2D eigenvalue weighted by Crippen LogP contribution is -2.42.